The van der Waals surface area contributed by atoms with Gasteiger partial charge in [0.1, 0.15) is 0 Å². The van der Waals surface area contributed by atoms with E-state index in [-0.39, 0.29) is 11.8 Å². The Labute approximate surface area is 110 Å². The summed E-state index contributed by atoms with van der Waals surface area (Å²) < 4.78 is 0. The minimum Gasteiger partial charge on any atom is -0.481 e. The molecule has 18 heavy (non-hydrogen) atoms. The molecule has 2 N–H and O–H groups in total. The molecule has 5 heteroatoms. The number of carboxylic acids is 1. The van der Waals surface area contributed by atoms with Crippen LogP contribution >= 0.6 is 11.3 Å². The van der Waals surface area contributed by atoms with E-state index in [1.165, 1.54) is 0 Å². The van der Waals surface area contributed by atoms with E-state index in [0.717, 1.165) is 18.4 Å². The van der Waals surface area contributed by atoms with Gasteiger partial charge in [0.25, 0.3) is 0 Å². The first kappa shape index (κ1) is 13.1. The predicted octanol–water partition coefficient (Wildman–Crippen LogP) is 2.26. The molecule has 0 aromatic carbocycles. The van der Waals surface area contributed by atoms with Crippen LogP contribution in [0.1, 0.15) is 31.2 Å². The standard InChI is InChI=1S/C13H17NO3S/c15-12(14-7-9-5-6-18-8-9)10-3-1-2-4-11(10)13(16)17/h5-6,8,10-11H,1-4,7H2,(H,14,15)(H,16,17). The second-order valence-corrected chi connectivity index (χ2v) is 5.47. The highest BCUT2D eigenvalue weighted by atomic mass is 32.1. The lowest BCUT2D eigenvalue weighted by atomic mass is 9.78. The fourth-order valence-corrected chi connectivity index (χ4v) is 3.12. The van der Waals surface area contributed by atoms with Gasteiger partial charge in [-0.3, -0.25) is 9.59 Å². The summed E-state index contributed by atoms with van der Waals surface area (Å²) in [6, 6.07) is 1.96. The van der Waals surface area contributed by atoms with Crippen LogP contribution in [-0.4, -0.2) is 17.0 Å². The van der Waals surface area contributed by atoms with Gasteiger partial charge in [-0.2, -0.15) is 11.3 Å². The van der Waals surface area contributed by atoms with Crippen molar-refractivity contribution in [2.75, 3.05) is 0 Å². The van der Waals surface area contributed by atoms with Crippen LogP contribution in [0, 0.1) is 11.8 Å². The van der Waals surface area contributed by atoms with Gasteiger partial charge in [-0.05, 0) is 35.2 Å². The molecule has 0 aliphatic heterocycles. The second kappa shape index (κ2) is 6.00. The molecule has 1 aliphatic rings. The van der Waals surface area contributed by atoms with Crippen molar-refractivity contribution in [3.05, 3.63) is 22.4 Å². The molecule has 1 heterocycles. The van der Waals surface area contributed by atoms with Gasteiger partial charge >= 0.3 is 5.97 Å². The molecule has 2 atom stereocenters. The summed E-state index contributed by atoms with van der Waals surface area (Å²) in [5.41, 5.74) is 1.07. The monoisotopic (exact) mass is 267 g/mol. The van der Waals surface area contributed by atoms with Crippen molar-refractivity contribution in [2.45, 2.75) is 32.2 Å². The van der Waals surface area contributed by atoms with Gasteiger partial charge in [-0.25, -0.2) is 0 Å². The largest absolute Gasteiger partial charge is 0.481 e. The molecule has 4 nitrogen and oxygen atoms in total. The number of hydrogen-bond donors (Lipinski definition) is 2. The topological polar surface area (TPSA) is 66.4 Å². The van der Waals surface area contributed by atoms with Crippen molar-refractivity contribution in [1.29, 1.82) is 0 Å². The van der Waals surface area contributed by atoms with E-state index in [1.807, 2.05) is 16.8 Å². The van der Waals surface area contributed by atoms with Gasteiger partial charge < -0.3 is 10.4 Å². The molecule has 0 spiro atoms. The van der Waals surface area contributed by atoms with E-state index in [0.29, 0.717) is 19.4 Å². The summed E-state index contributed by atoms with van der Waals surface area (Å²) in [7, 11) is 0. The Morgan fingerprint density at radius 3 is 2.67 bits per heavy atom. The van der Waals surface area contributed by atoms with E-state index in [1.54, 1.807) is 11.3 Å². The number of nitrogens with one attached hydrogen (secondary N) is 1. The SMILES string of the molecule is O=C(O)C1CCCCC1C(=O)NCc1ccsc1. The van der Waals surface area contributed by atoms with Crippen molar-refractivity contribution >= 4 is 23.2 Å². The summed E-state index contributed by atoms with van der Waals surface area (Å²) >= 11 is 1.59. The van der Waals surface area contributed by atoms with Gasteiger partial charge in [-0.15, -0.1) is 0 Å². The van der Waals surface area contributed by atoms with E-state index < -0.39 is 11.9 Å². The zero-order chi connectivity index (χ0) is 13.0. The van der Waals surface area contributed by atoms with E-state index >= 15 is 0 Å². The third-order valence-corrected chi connectivity index (χ3v) is 4.20. The zero-order valence-electron chi connectivity index (χ0n) is 10.1. The van der Waals surface area contributed by atoms with Crippen molar-refractivity contribution < 1.29 is 14.7 Å². The molecular formula is C13H17NO3S. The maximum atomic E-state index is 12.0. The number of carbonyl (C=O) groups excluding carboxylic acids is 1. The first-order valence-electron chi connectivity index (χ1n) is 6.20. The van der Waals surface area contributed by atoms with Gasteiger partial charge in [-0.1, -0.05) is 12.8 Å². The highest BCUT2D eigenvalue weighted by Gasteiger charge is 2.35. The van der Waals surface area contributed by atoms with Crippen molar-refractivity contribution in [2.24, 2.45) is 11.8 Å². The third kappa shape index (κ3) is 3.10. The summed E-state index contributed by atoms with van der Waals surface area (Å²) in [6.45, 7) is 0.491. The highest BCUT2D eigenvalue weighted by Crippen LogP contribution is 2.30. The van der Waals surface area contributed by atoms with Crippen LogP contribution in [-0.2, 0) is 16.1 Å². The lowest BCUT2D eigenvalue weighted by molar-refractivity contribution is -0.148. The van der Waals surface area contributed by atoms with Gasteiger partial charge in [0.05, 0.1) is 11.8 Å². The van der Waals surface area contributed by atoms with E-state index in [4.69, 9.17) is 5.11 Å². The number of aliphatic carboxylic acids is 1. The van der Waals surface area contributed by atoms with Crippen LogP contribution in [0.3, 0.4) is 0 Å². The number of carboxylic acid groups (broad SMARTS) is 1. The Morgan fingerprint density at radius 1 is 1.33 bits per heavy atom. The van der Waals surface area contributed by atoms with Crippen molar-refractivity contribution in [3.8, 4) is 0 Å². The van der Waals surface area contributed by atoms with E-state index in [9.17, 15) is 9.59 Å². The lowest BCUT2D eigenvalue weighted by Gasteiger charge is -2.27. The normalized spacial score (nSPS) is 23.6. The molecule has 1 aromatic heterocycles. The Kier molecular flexibility index (Phi) is 4.36. The molecule has 1 saturated carbocycles. The minimum absolute atomic E-state index is 0.117. The smallest absolute Gasteiger partial charge is 0.307 e. The highest BCUT2D eigenvalue weighted by molar-refractivity contribution is 7.07. The lowest BCUT2D eigenvalue weighted by Crippen LogP contribution is -2.39. The Bertz CT molecular complexity index is 416. The number of amides is 1. The summed E-state index contributed by atoms with van der Waals surface area (Å²) in [5, 5.41) is 15.9. The molecule has 1 fully saturated rings. The summed E-state index contributed by atoms with van der Waals surface area (Å²) in [5.74, 6) is -1.84. The first-order valence-corrected chi connectivity index (χ1v) is 7.14. The number of thiophene rings is 1. The molecule has 0 saturated heterocycles. The Balaban J connectivity index is 1.92. The van der Waals surface area contributed by atoms with Gasteiger partial charge in [0, 0.05) is 6.54 Å². The minimum atomic E-state index is -0.842. The molecule has 0 radical (unpaired) electrons. The van der Waals surface area contributed by atoms with Crippen LogP contribution < -0.4 is 5.32 Å². The van der Waals surface area contributed by atoms with Crippen molar-refractivity contribution in [1.82, 2.24) is 5.32 Å². The molecule has 2 rings (SSSR count). The number of rotatable bonds is 4. The zero-order valence-corrected chi connectivity index (χ0v) is 10.9. The molecule has 0 bridgehead atoms. The molecule has 1 aliphatic carbocycles. The molecule has 2 unspecified atom stereocenters. The fourth-order valence-electron chi connectivity index (χ4n) is 2.45. The molecule has 1 amide bonds. The van der Waals surface area contributed by atoms with E-state index in [2.05, 4.69) is 5.32 Å². The number of hydrogen-bond acceptors (Lipinski definition) is 3. The summed E-state index contributed by atoms with van der Waals surface area (Å²) in [4.78, 5) is 23.2. The van der Waals surface area contributed by atoms with Gasteiger partial charge in [0.2, 0.25) is 5.91 Å². The quantitative estimate of drug-likeness (QED) is 0.879. The Morgan fingerprint density at radius 2 is 2.06 bits per heavy atom. The molecule has 1 aromatic rings. The number of carbonyl (C=O) groups is 2. The van der Waals surface area contributed by atoms with Gasteiger partial charge in [0.15, 0.2) is 0 Å². The maximum Gasteiger partial charge on any atom is 0.307 e. The average Bonchev–Trinajstić information content (AvgIpc) is 2.89. The van der Waals surface area contributed by atoms with Crippen LogP contribution in [0.5, 0.6) is 0 Å². The second-order valence-electron chi connectivity index (χ2n) is 4.69. The first-order chi connectivity index (χ1) is 8.68. The fraction of sp³-hybridized carbons (Fsp3) is 0.538. The Hall–Kier alpha value is -1.36. The summed E-state index contributed by atoms with van der Waals surface area (Å²) in [6.07, 6.45) is 3.16. The maximum absolute atomic E-state index is 12.0. The van der Waals surface area contributed by atoms with Crippen molar-refractivity contribution in [3.63, 3.8) is 0 Å². The van der Waals surface area contributed by atoms with Crippen LogP contribution in [0.15, 0.2) is 16.8 Å². The molecular weight excluding hydrogens is 250 g/mol. The molecule has 98 valence electrons. The van der Waals surface area contributed by atoms with Crippen LogP contribution in [0.2, 0.25) is 0 Å². The van der Waals surface area contributed by atoms with Crippen LogP contribution in [0.4, 0.5) is 0 Å². The predicted molar refractivity (Wildman–Crippen MR) is 69.2 cm³/mol. The van der Waals surface area contributed by atoms with Crippen LogP contribution in [0.25, 0.3) is 0 Å². The third-order valence-electron chi connectivity index (χ3n) is 3.47. The average molecular weight is 267 g/mol.